The summed E-state index contributed by atoms with van der Waals surface area (Å²) in [6, 6.07) is 21.0. The molecule has 0 amide bonds. The third-order valence-corrected chi connectivity index (χ3v) is 10.9. The van der Waals surface area contributed by atoms with Crippen LogP contribution in [-0.4, -0.2) is 30.7 Å². The van der Waals surface area contributed by atoms with Gasteiger partial charge in [0.25, 0.3) is 0 Å². The van der Waals surface area contributed by atoms with Crippen molar-refractivity contribution in [1.82, 2.24) is 0 Å². The first-order valence-electron chi connectivity index (χ1n) is 7.68. The van der Waals surface area contributed by atoms with Crippen molar-refractivity contribution in [3.63, 3.8) is 0 Å². The Morgan fingerprint density at radius 3 is 1.39 bits per heavy atom. The summed E-state index contributed by atoms with van der Waals surface area (Å²) in [6.07, 6.45) is 0. The maximum Gasteiger partial charge on any atom is 0.221 e. The van der Waals surface area contributed by atoms with E-state index in [1.165, 1.54) is 10.4 Å². The molecule has 0 saturated heterocycles. The second-order valence-electron chi connectivity index (χ2n) is 6.43. The molecule has 2 aromatic carbocycles. The van der Waals surface area contributed by atoms with Crippen molar-refractivity contribution in [2.45, 2.75) is 32.1 Å². The highest BCUT2D eigenvalue weighted by atomic mass is 79.9. The van der Waals surface area contributed by atoms with E-state index in [0.717, 1.165) is 0 Å². The fourth-order valence-corrected chi connectivity index (χ4v) is 9.75. The van der Waals surface area contributed by atoms with Gasteiger partial charge in [0, 0.05) is 0 Å². The zero-order valence-corrected chi connectivity index (χ0v) is 18.6. The molecule has 2 radical (unpaired) electrons. The lowest BCUT2D eigenvalue weighted by atomic mass is 10.4. The largest absolute Gasteiger partial charge is 0.392 e. The molecule has 0 fully saturated rings. The van der Waals surface area contributed by atoms with Crippen LogP contribution in [0.15, 0.2) is 60.7 Å². The van der Waals surface area contributed by atoms with Gasteiger partial charge in [0.2, 0.25) is 24.8 Å². The van der Waals surface area contributed by atoms with Crippen molar-refractivity contribution >= 4 is 50.4 Å². The normalized spacial score (nSPS) is 12.6. The summed E-state index contributed by atoms with van der Waals surface area (Å²) in [6.45, 7) is 8.90. The summed E-state index contributed by atoms with van der Waals surface area (Å²) in [5.74, 6) is -0.196. The van der Waals surface area contributed by atoms with Gasteiger partial charge in [0.1, 0.15) is 5.91 Å². The maximum absolute atomic E-state index is 6.45. The lowest BCUT2D eigenvalue weighted by Gasteiger charge is -2.34. The highest BCUT2D eigenvalue weighted by Gasteiger charge is 2.34. The summed E-state index contributed by atoms with van der Waals surface area (Å²) in [5, 5.41) is 2.58. The SMILES string of the molecule is C[Si](C)(OC(O[Si](C)(C)c1ccccc1)[Si]Br)c1ccccc1. The lowest BCUT2D eigenvalue weighted by molar-refractivity contribution is 0.0665. The molecule has 0 unspecified atom stereocenters. The molecule has 2 rings (SSSR count). The molecular formula is C17H23BrO2Si3. The summed E-state index contributed by atoms with van der Waals surface area (Å²) in [4.78, 5) is 0. The summed E-state index contributed by atoms with van der Waals surface area (Å²) >= 11 is 3.59. The van der Waals surface area contributed by atoms with Gasteiger partial charge in [-0.25, -0.2) is 0 Å². The molecule has 0 aliphatic heterocycles. The summed E-state index contributed by atoms with van der Waals surface area (Å²) in [5.41, 5.74) is 0. The third-order valence-electron chi connectivity index (χ3n) is 3.83. The van der Waals surface area contributed by atoms with Crippen LogP contribution >= 0.6 is 15.3 Å². The van der Waals surface area contributed by atoms with Gasteiger partial charge in [-0.2, -0.15) is 0 Å². The smallest absolute Gasteiger partial charge is 0.221 e. The number of hydrogen-bond acceptors (Lipinski definition) is 2. The van der Waals surface area contributed by atoms with Crippen LogP contribution in [0.3, 0.4) is 0 Å². The molecule has 0 bridgehead atoms. The minimum Gasteiger partial charge on any atom is -0.392 e. The van der Waals surface area contributed by atoms with Gasteiger partial charge >= 0.3 is 0 Å². The standard InChI is InChI=1S/C17H23BrO2Si3/c1-22(2,15-11-7-5-8-12-15)19-17(21-18)20-23(3,4)16-13-9-6-10-14-16/h5-14,17H,1-4H3. The highest BCUT2D eigenvalue weighted by molar-refractivity contribution is 9.23. The second-order valence-corrected chi connectivity index (χ2v) is 16.2. The Morgan fingerprint density at radius 1 is 0.739 bits per heavy atom. The van der Waals surface area contributed by atoms with E-state index in [1.807, 2.05) is 12.1 Å². The first-order chi connectivity index (χ1) is 10.8. The van der Waals surface area contributed by atoms with Gasteiger partial charge in [-0.15, -0.1) is 15.3 Å². The van der Waals surface area contributed by atoms with E-state index >= 15 is 0 Å². The molecule has 23 heavy (non-hydrogen) atoms. The van der Waals surface area contributed by atoms with Crippen LogP contribution in [0, 0.1) is 0 Å². The second kappa shape index (κ2) is 8.04. The van der Waals surface area contributed by atoms with Gasteiger partial charge in [0.15, 0.2) is 0 Å². The van der Waals surface area contributed by atoms with Crippen molar-refractivity contribution in [2.75, 3.05) is 0 Å². The van der Waals surface area contributed by atoms with Gasteiger partial charge in [0.05, 0.1) is 0 Å². The quantitative estimate of drug-likeness (QED) is 0.385. The molecule has 2 nitrogen and oxygen atoms in total. The molecular weight excluding hydrogens is 400 g/mol. The first kappa shape index (κ1) is 18.8. The van der Waals surface area contributed by atoms with E-state index < -0.39 is 16.6 Å². The molecule has 2 aromatic rings. The van der Waals surface area contributed by atoms with Crippen LogP contribution in [0.4, 0.5) is 0 Å². The Balaban J connectivity index is 2.11. The average molecular weight is 424 g/mol. The first-order valence-corrected chi connectivity index (χ1v) is 16.8. The number of rotatable bonds is 7. The van der Waals surface area contributed by atoms with Gasteiger partial charge in [-0.3, -0.25) is 0 Å². The van der Waals surface area contributed by atoms with Crippen molar-refractivity contribution in [2.24, 2.45) is 0 Å². The fraction of sp³-hybridized carbons (Fsp3) is 0.294. The summed E-state index contributed by atoms with van der Waals surface area (Å²) < 4.78 is 12.9. The Labute approximate surface area is 151 Å². The van der Waals surface area contributed by atoms with E-state index in [-0.39, 0.29) is 5.91 Å². The zero-order chi connectivity index (χ0) is 16.9. The van der Waals surface area contributed by atoms with Crippen molar-refractivity contribution in [1.29, 1.82) is 0 Å². The Bertz CT molecular complexity index is 552. The molecule has 0 atom stereocenters. The van der Waals surface area contributed by atoms with Gasteiger partial charge in [-0.05, 0) is 36.6 Å². The summed E-state index contributed by atoms with van der Waals surface area (Å²) in [7, 11) is -3.56. The van der Waals surface area contributed by atoms with Crippen LogP contribution in [0.5, 0.6) is 0 Å². The van der Waals surface area contributed by atoms with Gasteiger partial charge in [-0.1, -0.05) is 60.7 Å². The van der Waals surface area contributed by atoms with Crippen LogP contribution in [0.25, 0.3) is 0 Å². The monoisotopic (exact) mass is 422 g/mol. The number of benzene rings is 2. The predicted octanol–water partition coefficient (Wildman–Crippen LogP) is 3.54. The van der Waals surface area contributed by atoms with E-state index in [0.29, 0.717) is 8.14 Å². The van der Waals surface area contributed by atoms with Gasteiger partial charge < -0.3 is 8.85 Å². The topological polar surface area (TPSA) is 18.5 Å². The highest BCUT2D eigenvalue weighted by Crippen LogP contribution is 2.16. The maximum atomic E-state index is 6.45. The molecule has 0 aliphatic rings. The Kier molecular flexibility index (Phi) is 6.58. The van der Waals surface area contributed by atoms with Crippen molar-refractivity contribution in [3.8, 4) is 0 Å². The molecule has 0 spiro atoms. The minimum absolute atomic E-state index is 0.196. The molecule has 0 saturated carbocycles. The predicted molar refractivity (Wildman–Crippen MR) is 108 cm³/mol. The Morgan fingerprint density at radius 2 is 1.09 bits per heavy atom. The number of halogens is 1. The zero-order valence-electron chi connectivity index (χ0n) is 14.0. The van der Waals surface area contributed by atoms with Crippen molar-refractivity contribution in [3.05, 3.63) is 60.7 Å². The Hall–Kier alpha value is -0.509. The van der Waals surface area contributed by atoms with E-state index in [2.05, 4.69) is 90.0 Å². The molecule has 0 aliphatic carbocycles. The van der Waals surface area contributed by atoms with E-state index in [4.69, 9.17) is 8.85 Å². The van der Waals surface area contributed by atoms with E-state index in [1.54, 1.807) is 0 Å². The van der Waals surface area contributed by atoms with Crippen LogP contribution < -0.4 is 10.4 Å². The van der Waals surface area contributed by atoms with Crippen molar-refractivity contribution < 1.29 is 8.85 Å². The third kappa shape index (κ3) is 5.23. The molecule has 122 valence electrons. The van der Waals surface area contributed by atoms with Crippen LogP contribution in [0.2, 0.25) is 26.2 Å². The molecule has 0 heterocycles. The van der Waals surface area contributed by atoms with E-state index in [9.17, 15) is 0 Å². The number of hydrogen-bond donors (Lipinski definition) is 0. The lowest BCUT2D eigenvalue weighted by Crippen LogP contribution is -2.54. The van der Waals surface area contributed by atoms with Crippen LogP contribution in [0.1, 0.15) is 0 Å². The van der Waals surface area contributed by atoms with Crippen LogP contribution in [-0.2, 0) is 8.85 Å². The molecule has 0 N–H and O–H groups in total. The minimum atomic E-state index is -1.99. The molecule has 0 aromatic heterocycles. The fourth-order valence-electron chi connectivity index (χ4n) is 2.42. The average Bonchev–Trinajstić information content (AvgIpc) is 2.55. The molecule has 6 heteroatoms.